The molecule has 0 saturated carbocycles. The molecule has 0 spiro atoms. The van der Waals surface area contributed by atoms with Gasteiger partial charge in [-0.2, -0.15) is 0 Å². The van der Waals surface area contributed by atoms with Crippen molar-refractivity contribution in [2.24, 2.45) is 0 Å². The Morgan fingerprint density at radius 1 is 1.80 bits per heavy atom. The molecule has 0 radical (unpaired) electrons. The standard InChI is InChI=1S/Ga.H2O3S.3H/c;1-4(2)3;;;/h;(H2,1,2,3);;;/p-1. The first kappa shape index (κ1) is 9.20. The summed E-state index contributed by atoms with van der Waals surface area (Å²) in [6, 6.07) is 0. The first-order chi connectivity index (χ1) is 1.73. The average molecular weight is 154 g/mol. The summed E-state index contributed by atoms with van der Waals surface area (Å²) in [4.78, 5) is 0. The van der Waals surface area contributed by atoms with Gasteiger partial charge in [0, 0.05) is 0 Å². The van der Waals surface area contributed by atoms with E-state index in [4.69, 9.17) is 13.3 Å². The van der Waals surface area contributed by atoms with Gasteiger partial charge in [0.25, 0.3) is 0 Å². The second-order valence-corrected chi connectivity index (χ2v) is 0.651. The summed E-state index contributed by atoms with van der Waals surface area (Å²) >= 11 is -2.86. The van der Waals surface area contributed by atoms with Gasteiger partial charge in [0.2, 0.25) is 0 Å². The van der Waals surface area contributed by atoms with E-state index in [1.54, 1.807) is 0 Å². The van der Waals surface area contributed by atoms with Gasteiger partial charge in [-0.3, -0.25) is 0 Å². The number of hydrogen-bond donors (Lipinski definition) is 1. The molecule has 0 rings (SSSR count). The van der Waals surface area contributed by atoms with Gasteiger partial charge in [0.05, 0.1) is 11.4 Å². The molecule has 0 aliphatic rings. The molecule has 0 aromatic heterocycles. The van der Waals surface area contributed by atoms with E-state index in [0.29, 0.717) is 0 Å². The molecule has 0 aromatic rings. The van der Waals surface area contributed by atoms with E-state index in [9.17, 15) is 0 Å². The molecule has 0 heterocycles. The van der Waals surface area contributed by atoms with Crippen molar-refractivity contribution in [3.63, 3.8) is 0 Å². The van der Waals surface area contributed by atoms with E-state index in [-0.39, 0.29) is 19.8 Å². The van der Waals surface area contributed by atoms with Gasteiger partial charge >= 0.3 is 19.8 Å². The summed E-state index contributed by atoms with van der Waals surface area (Å²) in [7, 11) is 0. The second-order valence-electron chi connectivity index (χ2n) is 0.217. The molecule has 0 aliphatic heterocycles. The van der Waals surface area contributed by atoms with Gasteiger partial charge in [0.1, 0.15) is 0 Å². The molecule has 1 unspecified atom stereocenters. The molecule has 0 aromatic carbocycles. The molecule has 0 fully saturated rings. The molecule has 0 aliphatic carbocycles. The van der Waals surface area contributed by atoms with Crippen molar-refractivity contribution < 1.29 is 13.3 Å². The fraction of sp³-hybridized carbons (Fsp3) is 0. The summed E-state index contributed by atoms with van der Waals surface area (Å²) < 4.78 is 24.1. The van der Waals surface area contributed by atoms with Gasteiger partial charge in [-0.15, -0.1) is 0 Å². The minimum atomic E-state index is -2.86. The van der Waals surface area contributed by atoms with Gasteiger partial charge in [-0.05, 0) is 0 Å². The van der Waals surface area contributed by atoms with Crippen LogP contribution >= 0.6 is 0 Å². The molecule has 0 saturated heterocycles. The third-order valence-electron chi connectivity index (χ3n) is 0. The van der Waals surface area contributed by atoms with Gasteiger partial charge in [-0.25, -0.2) is 4.21 Å². The van der Waals surface area contributed by atoms with Crippen molar-refractivity contribution in [1.82, 2.24) is 0 Å². The summed E-state index contributed by atoms with van der Waals surface area (Å²) in [5, 5.41) is 0. The third kappa shape index (κ3) is 69.1. The first-order valence-corrected chi connectivity index (χ1v) is 1.55. The summed E-state index contributed by atoms with van der Waals surface area (Å²) in [6.45, 7) is 0. The van der Waals surface area contributed by atoms with Crippen molar-refractivity contribution in [3.8, 4) is 0 Å². The second kappa shape index (κ2) is 4.71. The van der Waals surface area contributed by atoms with E-state index < -0.39 is 11.4 Å². The van der Waals surface area contributed by atoms with E-state index in [2.05, 4.69) is 0 Å². The molecular weight excluding hydrogens is 150 g/mol. The van der Waals surface area contributed by atoms with E-state index in [1.807, 2.05) is 0 Å². The quantitative estimate of drug-likeness (QED) is 0.329. The summed E-state index contributed by atoms with van der Waals surface area (Å²) in [6.07, 6.45) is 0. The summed E-state index contributed by atoms with van der Waals surface area (Å²) in [5.41, 5.74) is 0. The minimum absolute atomic E-state index is 0. The Morgan fingerprint density at radius 2 is 1.80 bits per heavy atom. The predicted molar refractivity (Wildman–Crippen MR) is 21.5 cm³/mol. The molecule has 1 N–H and O–H groups in total. The van der Waals surface area contributed by atoms with Crippen LogP contribution in [0.15, 0.2) is 0 Å². The van der Waals surface area contributed by atoms with Crippen LogP contribution in [0.1, 0.15) is 0 Å². The van der Waals surface area contributed by atoms with Gasteiger partial charge in [0.15, 0.2) is 0 Å². The molecule has 0 bridgehead atoms. The van der Waals surface area contributed by atoms with Crippen molar-refractivity contribution in [1.29, 1.82) is 0 Å². The van der Waals surface area contributed by atoms with Crippen LogP contribution in [0.25, 0.3) is 0 Å². The number of rotatable bonds is 0. The van der Waals surface area contributed by atoms with E-state index in [1.165, 1.54) is 0 Å². The maximum absolute atomic E-state index is 8.56. The number of hydrogen-bond acceptors (Lipinski definition) is 2. The van der Waals surface area contributed by atoms with Crippen LogP contribution < -0.4 is 0 Å². The van der Waals surface area contributed by atoms with Crippen molar-refractivity contribution in [2.45, 2.75) is 0 Å². The van der Waals surface area contributed by atoms with Crippen LogP contribution in [-0.2, 0) is 11.4 Å². The average Bonchev–Trinajstić information content (AvgIpc) is 0.811. The monoisotopic (exact) mass is 153 g/mol. The Bertz CT molecular complexity index is 29.9. The zero-order valence-electron chi connectivity index (χ0n) is 1.67. The molecule has 3 nitrogen and oxygen atoms in total. The maximum atomic E-state index is 8.56. The Hall–Kier alpha value is 0.706. The normalized spacial score (nSPS) is 12.4. The van der Waals surface area contributed by atoms with Gasteiger partial charge < -0.3 is 9.11 Å². The van der Waals surface area contributed by atoms with Crippen molar-refractivity contribution in [2.75, 3.05) is 0 Å². The molecule has 32 valence electrons. The Kier molecular flexibility index (Phi) is 8.66. The SMILES string of the molecule is O=S([O-])O.[GaH3]. The van der Waals surface area contributed by atoms with Crippen LogP contribution in [0.2, 0.25) is 0 Å². The Balaban J connectivity index is 0. The van der Waals surface area contributed by atoms with Crippen LogP contribution in [0.4, 0.5) is 0 Å². The zero-order valence-corrected chi connectivity index (χ0v) is 2.49. The third-order valence-corrected chi connectivity index (χ3v) is 0. The fourth-order valence-electron chi connectivity index (χ4n) is 0. The molecular formula is H4GaO3S-. The van der Waals surface area contributed by atoms with Crippen molar-refractivity contribution >= 4 is 31.2 Å². The Labute approximate surface area is 44.9 Å². The summed E-state index contributed by atoms with van der Waals surface area (Å²) in [5.74, 6) is 0. The predicted octanol–water partition coefficient (Wildman–Crippen LogP) is -1.85. The van der Waals surface area contributed by atoms with Crippen LogP contribution in [0.5, 0.6) is 0 Å². The van der Waals surface area contributed by atoms with Crippen LogP contribution in [0.3, 0.4) is 0 Å². The van der Waals surface area contributed by atoms with Crippen LogP contribution in [0, 0.1) is 0 Å². The molecule has 1 atom stereocenters. The first-order valence-electron chi connectivity index (χ1n) is 0.516. The van der Waals surface area contributed by atoms with Crippen molar-refractivity contribution in [3.05, 3.63) is 0 Å². The molecule has 5 heavy (non-hydrogen) atoms. The molecule has 5 heteroatoms. The van der Waals surface area contributed by atoms with E-state index in [0.717, 1.165) is 0 Å². The molecule has 0 amide bonds. The van der Waals surface area contributed by atoms with Crippen LogP contribution in [-0.4, -0.2) is 33.1 Å². The fourth-order valence-corrected chi connectivity index (χ4v) is 0. The Morgan fingerprint density at radius 3 is 1.80 bits per heavy atom. The zero-order chi connectivity index (χ0) is 3.58. The van der Waals surface area contributed by atoms with Gasteiger partial charge in [-0.1, -0.05) is 0 Å². The topological polar surface area (TPSA) is 60.4 Å². The van der Waals surface area contributed by atoms with E-state index >= 15 is 0 Å².